The highest BCUT2D eigenvalue weighted by Crippen LogP contribution is 2.51. The van der Waals surface area contributed by atoms with Crippen molar-refractivity contribution in [2.45, 2.75) is 72.1 Å². The van der Waals surface area contributed by atoms with E-state index in [-0.39, 0.29) is 5.41 Å². The summed E-state index contributed by atoms with van der Waals surface area (Å²) in [6.45, 7) is 11.3. The van der Waals surface area contributed by atoms with Gasteiger partial charge in [0.25, 0.3) is 0 Å². The Morgan fingerprint density at radius 2 is 1.48 bits per heavy atom. The molecule has 0 radical (unpaired) electrons. The Morgan fingerprint density at radius 1 is 0.806 bits per heavy atom. The molecular weight excluding hydrogens is 378 g/mol. The zero-order valence-electron chi connectivity index (χ0n) is 19.7. The number of hydrogen-bond donors (Lipinski definition) is 0. The van der Waals surface area contributed by atoms with Gasteiger partial charge in [-0.15, -0.1) is 0 Å². The van der Waals surface area contributed by atoms with E-state index in [1.165, 1.54) is 41.6 Å². The molecule has 0 unspecified atom stereocenters. The lowest BCUT2D eigenvalue weighted by Gasteiger charge is -2.34. The number of fused-ring (bicyclic) bond motifs is 2. The van der Waals surface area contributed by atoms with Crippen LogP contribution in [-0.4, -0.2) is 0 Å². The maximum Gasteiger partial charge on any atom is 0.151 e. The third-order valence-corrected chi connectivity index (χ3v) is 6.45. The molecule has 1 heterocycles. The molecule has 0 saturated heterocycles. The smallest absolute Gasteiger partial charge is 0.151 e. The molecule has 0 spiro atoms. The molecule has 3 aromatic carbocycles. The Hall–Kier alpha value is -2.74. The SMILES string of the molecule is CCCCc1ccc(N2c3ccc(C)cc3Oc3cc(C(C)(C)CCC)ccc32)cc1. The van der Waals surface area contributed by atoms with Gasteiger partial charge in [0.05, 0.1) is 11.4 Å². The molecule has 3 aromatic rings. The van der Waals surface area contributed by atoms with E-state index in [0.29, 0.717) is 0 Å². The molecule has 31 heavy (non-hydrogen) atoms. The molecule has 0 aromatic heterocycles. The summed E-state index contributed by atoms with van der Waals surface area (Å²) in [5.74, 6) is 1.86. The van der Waals surface area contributed by atoms with Gasteiger partial charge in [0.2, 0.25) is 0 Å². The van der Waals surface area contributed by atoms with E-state index in [2.05, 4.69) is 100 Å². The van der Waals surface area contributed by atoms with Crippen molar-refractivity contribution in [1.29, 1.82) is 0 Å². The van der Waals surface area contributed by atoms with Crippen molar-refractivity contribution in [2.75, 3.05) is 4.90 Å². The van der Waals surface area contributed by atoms with Gasteiger partial charge in [-0.1, -0.05) is 64.8 Å². The molecule has 0 bridgehead atoms. The van der Waals surface area contributed by atoms with Gasteiger partial charge in [0, 0.05) is 5.69 Å². The van der Waals surface area contributed by atoms with Crippen LogP contribution >= 0.6 is 0 Å². The maximum absolute atomic E-state index is 6.46. The first-order valence-electron chi connectivity index (χ1n) is 11.7. The van der Waals surface area contributed by atoms with Gasteiger partial charge < -0.3 is 9.64 Å². The highest BCUT2D eigenvalue weighted by Gasteiger charge is 2.28. The van der Waals surface area contributed by atoms with Crippen LogP contribution < -0.4 is 9.64 Å². The molecule has 1 aliphatic heterocycles. The summed E-state index contributed by atoms with van der Waals surface area (Å²) in [5, 5.41) is 0. The standard InChI is InChI=1S/C29H35NO/c1-6-8-9-22-11-14-24(15-12-22)30-25-16-10-21(3)19-27(25)31-28-20-23(13-17-26(28)30)29(4,5)18-7-2/h10-17,19-20H,6-9,18H2,1-5H3. The minimum absolute atomic E-state index is 0.131. The molecule has 4 rings (SSSR count). The van der Waals surface area contributed by atoms with Crippen molar-refractivity contribution in [3.63, 3.8) is 0 Å². The van der Waals surface area contributed by atoms with Crippen LogP contribution in [0.25, 0.3) is 0 Å². The number of unbranched alkanes of at least 4 members (excludes halogenated alkanes) is 1. The number of nitrogens with zero attached hydrogens (tertiary/aromatic N) is 1. The lowest BCUT2D eigenvalue weighted by atomic mass is 9.80. The summed E-state index contributed by atoms with van der Waals surface area (Å²) in [6, 6.07) is 22.3. The summed E-state index contributed by atoms with van der Waals surface area (Å²) in [5.41, 5.74) is 7.45. The first kappa shape index (κ1) is 21.5. The van der Waals surface area contributed by atoms with Crippen LogP contribution in [0, 0.1) is 6.92 Å². The van der Waals surface area contributed by atoms with Crippen molar-refractivity contribution in [3.05, 3.63) is 77.4 Å². The molecule has 0 fully saturated rings. The number of aryl methyl sites for hydroxylation is 2. The van der Waals surface area contributed by atoms with E-state index in [4.69, 9.17) is 4.74 Å². The highest BCUT2D eigenvalue weighted by molar-refractivity contribution is 5.86. The molecule has 0 atom stereocenters. The van der Waals surface area contributed by atoms with E-state index in [1.54, 1.807) is 0 Å². The van der Waals surface area contributed by atoms with Crippen LogP contribution in [0.15, 0.2) is 60.7 Å². The van der Waals surface area contributed by atoms with Gasteiger partial charge in [-0.25, -0.2) is 0 Å². The highest BCUT2D eigenvalue weighted by atomic mass is 16.5. The second kappa shape index (κ2) is 8.78. The van der Waals surface area contributed by atoms with E-state index in [0.717, 1.165) is 35.7 Å². The summed E-state index contributed by atoms with van der Waals surface area (Å²) in [7, 11) is 0. The Balaban J connectivity index is 1.78. The van der Waals surface area contributed by atoms with Gasteiger partial charge in [-0.3, -0.25) is 0 Å². The predicted molar refractivity (Wildman–Crippen MR) is 132 cm³/mol. The molecule has 2 nitrogen and oxygen atoms in total. The van der Waals surface area contributed by atoms with Gasteiger partial charge in [-0.05, 0) is 84.7 Å². The number of ether oxygens (including phenoxy) is 1. The lowest BCUT2D eigenvalue weighted by molar-refractivity contribution is 0.455. The summed E-state index contributed by atoms with van der Waals surface area (Å²) < 4.78 is 6.46. The van der Waals surface area contributed by atoms with Gasteiger partial charge in [0.15, 0.2) is 11.5 Å². The first-order chi connectivity index (χ1) is 14.9. The van der Waals surface area contributed by atoms with Gasteiger partial charge in [0.1, 0.15) is 0 Å². The van der Waals surface area contributed by atoms with Crippen LogP contribution in [0.2, 0.25) is 0 Å². The fourth-order valence-electron chi connectivity index (χ4n) is 4.58. The fourth-order valence-corrected chi connectivity index (χ4v) is 4.58. The van der Waals surface area contributed by atoms with Crippen molar-refractivity contribution in [2.24, 2.45) is 0 Å². The van der Waals surface area contributed by atoms with Crippen molar-refractivity contribution >= 4 is 17.1 Å². The summed E-state index contributed by atoms with van der Waals surface area (Å²) in [4.78, 5) is 2.34. The normalized spacial score (nSPS) is 12.9. The number of benzene rings is 3. The second-order valence-corrected chi connectivity index (χ2v) is 9.50. The third-order valence-electron chi connectivity index (χ3n) is 6.45. The molecule has 0 aliphatic carbocycles. The molecule has 162 valence electrons. The van der Waals surface area contributed by atoms with E-state index < -0.39 is 0 Å². The zero-order valence-corrected chi connectivity index (χ0v) is 19.7. The topological polar surface area (TPSA) is 12.5 Å². The van der Waals surface area contributed by atoms with E-state index >= 15 is 0 Å². The molecule has 2 heteroatoms. The predicted octanol–water partition coefficient (Wildman–Crippen LogP) is 8.99. The van der Waals surface area contributed by atoms with Gasteiger partial charge >= 0.3 is 0 Å². The minimum atomic E-state index is 0.131. The molecule has 0 saturated carbocycles. The van der Waals surface area contributed by atoms with E-state index in [9.17, 15) is 0 Å². The third kappa shape index (κ3) is 4.35. The monoisotopic (exact) mass is 413 g/mol. The lowest BCUT2D eigenvalue weighted by Crippen LogP contribution is -2.19. The van der Waals surface area contributed by atoms with Crippen LogP contribution in [-0.2, 0) is 11.8 Å². The summed E-state index contributed by atoms with van der Waals surface area (Å²) in [6.07, 6.45) is 5.93. The second-order valence-electron chi connectivity index (χ2n) is 9.50. The maximum atomic E-state index is 6.46. The minimum Gasteiger partial charge on any atom is -0.453 e. The average Bonchev–Trinajstić information content (AvgIpc) is 2.76. The first-order valence-corrected chi connectivity index (χ1v) is 11.7. The largest absolute Gasteiger partial charge is 0.453 e. The Bertz CT molecular complexity index is 1050. The van der Waals surface area contributed by atoms with Gasteiger partial charge in [-0.2, -0.15) is 0 Å². The molecule has 0 N–H and O–H groups in total. The number of rotatable bonds is 7. The zero-order chi connectivity index (χ0) is 22.0. The van der Waals surface area contributed by atoms with Crippen molar-refractivity contribution in [3.8, 4) is 11.5 Å². The average molecular weight is 414 g/mol. The number of hydrogen-bond acceptors (Lipinski definition) is 2. The Labute approximate surface area is 187 Å². The number of anilines is 3. The Morgan fingerprint density at radius 3 is 2.16 bits per heavy atom. The van der Waals surface area contributed by atoms with Crippen LogP contribution in [0.3, 0.4) is 0 Å². The molecule has 0 amide bonds. The van der Waals surface area contributed by atoms with Crippen LogP contribution in [0.4, 0.5) is 17.1 Å². The fraction of sp³-hybridized carbons (Fsp3) is 0.379. The van der Waals surface area contributed by atoms with Crippen LogP contribution in [0.1, 0.15) is 70.1 Å². The molecular formula is C29H35NO. The molecule has 1 aliphatic rings. The van der Waals surface area contributed by atoms with Crippen LogP contribution in [0.5, 0.6) is 11.5 Å². The van der Waals surface area contributed by atoms with Crippen molar-refractivity contribution < 1.29 is 4.74 Å². The summed E-state index contributed by atoms with van der Waals surface area (Å²) >= 11 is 0. The van der Waals surface area contributed by atoms with Crippen molar-refractivity contribution in [1.82, 2.24) is 0 Å². The van der Waals surface area contributed by atoms with E-state index in [1.807, 2.05) is 0 Å². The Kier molecular flexibility index (Phi) is 6.09. The quantitative estimate of drug-likeness (QED) is 0.300.